The average molecular weight is 295 g/mol. The monoisotopic (exact) mass is 295 g/mol. The predicted molar refractivity (Wildman–Crippen MR) is 82.3 cm³/mol. The molecule has 0 aliphatic heterocycles. The minimum Gasteiger partial charge on any atom is -0.370 e. The summed E-state index contributed by atoms with van der Waals surface area (Å²) >= 11 is 4.15. The van der Waals surface area contributed by atoms with Gasteiger partial charge in [0.05, 0.1) is 6.04 Å². The Hall–Kier alpha value is -1.53. The van der Waals surface area contributed by atoms with Gasteiger partial charge in [-0.1, -0.05) is 30.3 Å². The van der Waals surface area contributed by atoms with E-state index in [4.69, 9.17) is 11.5 Å². The van der Waals surface area contributed by atoms with Crippen LogP contribution < -0.4 is 16.8 Å². The number of hydrogen-bond acceptors (Lipinski definition) is 4. The molecule has 2 atom stereocenters. The molecule has 0 aliphatic rings. The molecule has 5 N–H and O–H groups in total. The highest BCUT2D eigenvalue weighted by Crippen LogP contribution is 2.04. The fourth-order valence-electron chi connectivity index (χ4n) is 1.79. The van der Waals surface area contributed by atoms with Crippen molar-refractivity contribution in [3.8, 4) is 0 Å². The van der Waals surface area contributed by atoms with Crippen molar-refractivity contribution in [2.24, 2.45) is 11.5 Å². The van der Waals surface area contributed by atoms with Gasteiger partial charge in [-0.05, 0) is 18.4 Å². The third-order valence-corrected chi connectivity index (χ3v) is 3.38. The highest BCUT2D eigenvalue weighted by molar-refractivity contribution is 7.80. The van der Waals surface area contributed by atoms with Crippen LogP contribution in [0.4, 0.5) is 0 Å². The van der Waals surface area contributed by atoms with Crippen LogP contribution in [0.3, 0.4) is 0 Å². The molecule has 0 aliphatic carbocycles. The molecule has 6 heteroatoms. The highest BCUT2D eigenvalue weighted by Gasteiger charge is 2.18. The number of nitrogens with two attached hydrogens (primary N) is 2. The van der Waals surface area contributed by atoms with E-state index < -0.39 is 6.04 Å². The summed E-state index contributed by atoms with van der Waals surface area (Å²) in [4.78, 5) is 22.7. The fourth-order valence-corrected chi connectivity index (χ4v) is 2.07. The van der Waals surface area contributed by atoms with E-state index in [-0.39, 0.29) is 24.3 Å². The zero-order valence-corrected chi connectivity index (χ0v) is 12.2. The molecule has 1 rings (SSSR count). The summed E-state index contributed by atoms with van der Waals surface area (Å²) in [6, 6.07) is 8.77. The molecule has 0 saturated carbocycles. The van der Waals surface area contributed by atoms with Crippen LogP contribution in [0.5, 0.6) is 0 Å². The number of amides is 2. The van der Waals surface area contributed by atoms with Crippen LogP contribution in [0.1, 0.15) is 18.4 Å². The maximum Gasteiger partial charge on any atom is 0.237 e. The topological polar surface area (TPSA) is 98.2 Å². The van der Waals surface area contributed by atoms with Crippen LogP contribution in [0.2, 0.25) is 0 Å². The SMILES string of the molecule is NC(=O)CC[C@@H](CS)NC(=O)[C@@H](N)Cc1ccccc1. The Balaban J connectivity index is 2.45. The standard InChI is InChI=1S/C14H21N3O2S/c15-12(8-10-4-2-1-3-5-10)14(19)17-11(9-20)6-7-13(16)18/h1-5,11-12,20H,6-9,15H2,(H2,16,18)(H,17,19)/t11-,12-/m0/s1. The summed E-state index contributed by atoms with van der Waals surface area (Å²) in [5.41, 5.74) is 12.0. The van der Waals surface area contributed by atoms with Gasteiger partial charge in [0, 0.05) is 18.2 Å². The van der Waals surface area contributed by atoms with E-state index in [2.05, 4.69) is 17.9 Å². The number of nitrogens with one attached hydrogen (secondary N) is 1. The minimum absolute atomic E-state index is 0.194. The van der Waals surface area contributed by atoms with Crippen LogP contribution in [-0.2, 0) is 16.0 Å². The molecular formula is C14H21N3O2S. The van der Waals surface area contributed by atoms with Crippen LogP contribution in [-0.4, -0.2) is 29.7 Å². The first-order valence-corrected chi connectivity index (χ1v) is 7.15. The summed E-state index contributed by atoms with van der Waals surface area (Å²) in [6.45, 7) is 0. The third kappa shape index (κ3) is 6.08. The Kier molecular flexibility index (Phi) is 7.11. The lowest BCUT2D eigenvalue weighted by Gasteiger charge is -2.19. The van der Waals surface area contributed by atoms with Gasteiger partial charge in [-0.3, -0.25) is 9.59 Å². The van der Waals surface area contributed by atoms with Crippen LogP contribution in [0.15, 0.2) is 30.3 Å². The fraction of sp³-hybridized carbons (Fsp3) is 0.429. The van der Waals surface area contributed by atoms with E-state index in [0.717, 1.165) is 5.56 Å². The van der Waals surface area contributed by atoms with Gasteiger partial charge in [0.2, 0.25) is 11.8 Å². The van der Waals surface area contributed by atoms with Gasteiger partial charge in [-0.2, -0.15) is 12.6 Å². The Morgan fingerprint density at radius 1 is 1.25 bits per heavy atom. The maximum atomic E-state index is 12.0. The summed E-state index contributed by atoms with van der Waals surface area (Å²) < 4.78 is 0. The lowest BCUT2D eigenvalue weighted by atomic mass is 10.1. The lowest BCUT2D eigenvalue weighted by molar-refractivity contribution is -0.123. The lowest BCUT2D eigenvalue weighted by Crippen LogP contribution is -2.47. The van der Waals surface area contributed by atoms with Crippen molar-refractivity contribution in [3.05, 3.63) is 35.9 Å². The third-order valence-electron chi connectivity index (χ3n) is 2.94. The number of carbonyl (C=O) groups excluding carboxylic acids is 2. The molecule has 110 valence electrons. The molecule has 0 unspecified atom stereocenters. The van der Waals surface area contributed by atoms with E-state index >= 15 is 0 Å². The van der Waals surface area contributed by atoms with Crippen LogP contribution in [0.25, 0.3) is 0 Å². The molecule has 5 nitrogen and oxygen atoms in total. The Morgan fingerprint density at radius 3 is 2.45 bits per heavy atom. The Bertz CT molecular complexity index is 439. The molecule has 0 saturated heterocycles. The molecule has 0 fully saturated rings. The predicted octanol–water partition coefficient (Wildman–Crippen LogP) is 0.237. The van der Waals surface area contributed by atoms with Gasteiger partial charge in [0.1, 0.15) is 0 Å². The quantitative estimate of drug-likeness (QED) is 0.517. The molecule has 1 aromatic rings. The second-order valence-electron chi connectivity index (χ2n) is 4.69. The number of carbonyl (C=O) groups is 2. The van der Waals surface area contributed by atoms with Crippen molar-refractivity contribution in [2.75, 3.05) is 5.75 Å². The molecular weight excluding hydrogens is 274 g/mol. The second-order valence-corrected chi connectivity index (χ2v) is 5.05. The average Bonchev–Trinajstić information content (AvgIpc) is 2.44. The maximum absolute atomic E-state index is 12.0. The van der Waals surface area contributed by atoms with Crippen molar-refractivity contribution in [2.45, 2.75) is 31.3 Å². The zero-order valence-electron chi connectivity index (χ0n) is 11.3. The number of thiol groups is 1. The molecule has 0 radical (unpaired) electrons. The van der Waals surface area contributed by atoms with E-state index in [0.29, 0.717) is 18.6 Å². The first-order chi connectivity index (χ1) is 9.52. The largest absolute Gasteiger partial charge is 0.370 e. The van der Waals surface area contributed by atoms with Gasteiger partial charge in [-0.15, -0.1) is 0 Å². The zero-order chi connectivity index (χ0) is 15.0. The molecule has 0 bridgehead atoms. The first-order valence-electron chi connectivity index (χ1n) is 6.52. The van der Waals surface area contributed by atoms with E-state index in [1.54, 1.807) is 0 Å². The van der Waals surface area contributed by atoms with Gasteiger partial charge >= 0.3 is 0 Å². The number of rotatable bonds is 8. The van der Waals surface area contributed by atoms with Crippen molar-refractivity contribution in [1.29, 1.82) is 0 Å². The van der Waals surface area contributed by atoms with Gasteiger partial charge in [0.15, 0.2) is 0 Å². The van der Waals surface area contributed by atoms with Crippen molar-refractivity contribution < 1.29 is 9.59 Å². The number of benzene rings is 1. The summed E-state index contributed by atoms with van der Waals surface area (Å²) in [7, 11) is 0. The van der Waals surface area contributed by atoms with Crippen molar-refractivity contribution >= 4 is 24.4 Å². The van der Waals surface area contributed by atoms with E-state index in [9.17, 15) is 9.59 Å². The summed E-state index contributed by atoms with van der Waals surface area (Å²) in [6.07, 6.45) is 1.17. The Labute approximate surface area is 124 Å². The van der Waals surface area contributed by atoms with E-state index in [1.165, 1.54) is 0 Å². The Morgan fingerprint density at radius 2 is 1.90 bits per heavy atom. The summed E-state index contributed by atoms with van der Waals surface area (Å²) in [5.74, 6) is -0.186. The van der Waals surface area contributed by atoms with Gasteiger partial charge in [0.25, 0.3) is 0 Å². The van der Waals surface area contributed by atoms with Crippen LogP contribution in [0, 0.1) is 0 Å². The smallest absolute Gasteiger partial charge is 0.237 e. The molecule has 0 heterocycles. The first kappa shape index (κ1) is 16.5. The number of hydrogen-bond donors (Lipinski definition) is 4. The van der Waals surface area contributed by atoms with Crippen molar-refractivity contribution in [3.63, 3.8) is 0 Å². The van der Waals surface area contributed by atoms with E-state index in [1.807, 2.05) is 30.3 Å². The molecule has 1 aromatic carbocycles. The molecule has 0 spiro atoms. The second kappa shape index (κ2) is 8.60. The molecule has 2 amide bonds. The molecule has 20 heavy (non-hydrogen) atoms. The minimum atomic E-state index is -0.617. The van der Waals surface area contributed by atoms with Crippen LogP contribution >= 0.6 is 12.6 Å². The van der Waals surface area contributed by atoms with Gasteiger partial charge < -0.3 is 16.8 Å². The normalized spacial score (nSPS) is 13.5. The van der Waals surface area contributed by atoms with Gasteiger partial charge in [-0.25, -0.2) is 0 Å². The highest BCUT2D eigenvalue weighted by atomic mass is 32.1. The number of primary amides is 1. The summed E-state index contributed by atoms with van der Waals surface area (Å²) in [5, 5.41) is 2.79. The molecule has 0 aromatic heterocycles. The van der Waals surface area contributed by atoms with Crippen molar-refractivity contribution in [1.82, 2.24) is 5.32 Å².